The quantitative estimate of drug-likeness (QED) is 0.860. The van der Waals surface area contributed by atoms with Gasteiger partial charge >= 0.3 is 0 Å². The lowest BCUT2D eigenvalue weighted by molar-refractivity contribution is 0.120. The van der Waals surface area contributed by atoms with E-state index in [-0.39, 0.29) is 11.4 Å². The Morgan fingerprint density at radius 2 is 2.38 bits per heavy atom. The van der Waals surface area contributed by atoms with Crippen LogP contribution in [0.3, 0.4) is 0 Å². The SMILES string of the molecule is CCC(C)n1cnc2nc(Cl)nc(NCC3CCCO3)c21. The van der Waals surface area contributed by atoms with Crippen molar-refractivity contribution < 1.29 is 4.74 Å². The molecule has 0 saturated carbocycles. The standard InChI is InChI=1S/C14H20ClN5O/c1-3-9(2)20-8-17-13-11(20)12(18-14(15)19-13)16-7-10-5-4-6-21-10/h8-10H,3-7H2,1-2H3,(H,16,18,19). The van der Waals surface area contributed by atoms with Gasteiger partial charge in [-0.15, -0.1) is 0 Å². The molecule has 2 aromatic heterocycles. The second-order valence-corrected chi connectivity index (χ2v) is 5.78. The van der Waals surface area contributed by atoms with Crippen LogP contribution in [0, 0.1) is 0 Å². The van der Waals surface area contributed by atoms with Crippen molar-refractivity contribution in [3.8, 4) is 0 Å². The molecule has 0 aliphatic carbocycles. The molecule has 1 fully saturated rings. The van der Waals surface area contributed by atoms with E-state index in [0.717, 1.165) is 43.7 Å². The van der Waals surface area contributed by atoms with Gasteiger partial charge in [0.2, 0.25) is 5.28 Å². The van der Waals surface area contributed by atoms with Crippen LogP contribution in [0.1, 0.15) is 39.2 Å². The predicted octanol–water partition coefficient (Wildman–Crippen LogP) is 3.04. The van der Waals surface area contributed by atoms with Gasteiger partial charge in [0.1, 0.15) is 5.52 Å². The van der Waals surface area contributed by atoms with Gasteiger partial charge in [0.05, 0.1) is 12.4 Å². The summed E-state index contributed by atoms with van der Waals surface area (Å²) < 4.78 is 7.74. The van der Waals surface area contributed by atoms with E-state index in [1.165, 1.54) is 0 Å². The molecule has 2 unspecified atom stereocenters. The van der Waals surface area contributed by atoms with Gasteiger partial charge in [-0.05, 0) is 37.8 Å². The maximum Gasteiger partial charge on any atom is 0.226 e. The van der Waals surface area contributed by atoms with E-state index in [0.29, 0.717) is 11.7 Å². The Balaban J connectivity index is 1.92. The van der Waals surface area contributed by atoms with E-state index >= 15 is 0 Å². The second-order valence-electron chi connectivity index (χ2n) is 5.44. The summed E-state index contributed by atoms with van der Waals surface area (Å²) in [7, 11) is 0. The predicted molar refractivity (Wildman–Crippen MR) is 82.8 cm³/mol. The van der Waals surface area contributed by atoms with Crippen molar-refractivity contribution in [1.82, 2.24) is 19.5 Å². The third kappa shape index (κ3) is 2.96. The summed E-state index contributed by atoms with van der Waals surface area (Å²) in [5.41, 5.74) is 1.54. The van der Waals surface area contributed by atoms with Gasteiger partial charge in [-0.3, -0.25) is 0 Å². The highest BCUT2D eigenvalue weighted by atomic mass is 35.5. The molecule has 1 aliphatic rings. The second kappa shape index (κ2) is 6.15. The highest BCUT2D eigenvalue weighted by Gasteiger charge is 2.19. The topological polar surface area (TPSA) is 64.9 Å². The number of hydrogen-bond acceptors (Lipinski definition) is 5. The van der Waals surface area contributed by atoms with Crippen molar-refractivity contribution in [1.29, 1.82) is 0 Å². The molecule has 1 aliphatic heterocycles. The Hall–Kier alpha value is -1.40. The highest BCUT2D eigenvalue weighted by Crippen LogP contribution is 2.26. The molecule has 0 bridgehead atoms. The molecular formula is C14H20ClN5O. The summed E-state index contributed by atoms with van der Waals surface area (Å²) in [4.78, 5) is 12.9. The fraction of sp³-hybridized carbons (Fsp3) is 0.643. The van der Waals surface area contributed by atoms with Crippen molar-refractivity contribution in [2.75, 3.05) is 18.5 Å². The number of halogens is 1. The zero-order valence-corrected chi connectivity index (χ0v) is 13.1. The number of aromatic nitrogens is 4. The Morgan fingerprint density at radius 3 is 3.10 bits per heavy atom. The Morgan fingerprint density at radius 1 is 1.52 bits per heavy atom. The number of hydrogen-bond donors (Lipinski definition) is 1. The summed E-state index contributed by atoms with van der Waals surface area (Å²) in [6.45, 7) is 5.87. The Labute approximate surface area is 128 Å². The van der Waals surface area contributed by atoms with Gasteiger partial charge in [0.25, 0.3) is 0 Å². The average molecular weight is 310 g/mol. The van der Waals surface area contributed by atoms with E-state index in [4.69, 9.17) is 16.3 Å². The number of anilines is 1. The fourth-order valence-electron chi connectivity index (χ4n) is 2.59. The highest BCUT2D eigenvalue weighted by molar-refractivity contribution is 6.28. The molecule has 0 radical (unpaired) electrons. The first-order valence-corrected chi connectivity index (χ1v) is 7.82. The van der Waals surface area contributed by atoms with Gasteiger partial charge in [-0.2, -0.15) is 9.97 Å². The van der Waals surface area contributed by atoms with Crippen molar-refractivity contribution in [3.63, 3.8) is 0 Å². The zero-order chi connectivity index (χ0) is 14.8. The van der Waals surface area contributed by atoms with Crippen LogP contribution in [-0.4, -0.2) is 38.8 Å². The minimum atomic E-state index is 0.215. The van der Waals surface area contributed by atoms with Crippen LogP contribution in [0.4, 0.5) is 5.82 Å². The first-order valence-electron chi connectivity index (χ1n) is 7.44. The van der Waals surface area contributed by atoms with Crippen LogP contribution in [0.5, 0.6) is 0 Å². The third-order valence-corrected chi connectivity index (χ3v) is 4.16. The van der Waals surface area contributed by atoms with Crippen molar-refractivity contribution in [2.24, 2.45) is 0 Å². The van der Waals surface area contributed by atoms with Gasteiger partial charge in [0, 0.05) is 19.2 Å². The Bertz CT molecular complexity index is 623. The van der Waals surface area contributed by atoms with E-state index in [9.17, 15) is 0 Å². The molecule has 1 saturated heterocycles. The normalized spacial score (nSPS) is 20.0. The lowest BCUT2D eigenvalue weighted by Crippen LogP contribution is -2.19. The summed E-state index contributed by atoms with van der Waals surface area (Å²) in [6, 6.07) is 0.336. The molecule has 21 heavy (non-hydrogen) atoms. The Kier molecular flexibility index (Phi) is 4.26. The monoisotopic (exact) mass is 309 g/mol. The minimum absolute atomic E-state index is 0.215. The molecule has 0 aromatic carbocycles. The van der Waals surface area contributed by atoms with Crippen LogP contribution in [0.15, 0.2) is 6.33 Å². The smallest absolute Gasteiger partial charge is 0.226 e. The summed E-state index contributed by atoms with van der Waals surface area (Å²) >= 11 is 6.00. The van der Waals surface area contributed by atoms with Crippen LogP contribution < -0.4 is 5.32 Å². The molecule has 3 heterocycles. The minimum Gasteiger partial charge on any atom is -0.376 e. The lowest BCUT2D eigenvalue weighted by Gasteiger charge is -2.16. The first-order chi connectivity index (χ1) is 10.2. The molecule has 2 aromatic rings. The van der Waals surface area contributed by atoms with E-state index < -0.39 is 0 Å². The lowest BCUT2D eigenvalue weighted by atomic mass is 10.2. The van der Waals surface area contributed by atoms with Crippen LogP contribution in [-0.2, 0) is 4.74 Å². The van der Waals surface area contributed by atoms with Crippen LogP contribution in [0.25, 0.3) is 11.2 Å². The molecule has 114 valence electrons. The molecule has 7 heteroatoms. The number of ether oxygens (including phenoxy) is 1. The van der Waals surface area contributed by atoms with Gasteiger partial charge in [0.15, 0.2) is 11.5 Å². The molecule has 0 spiro atoms. The largest absolute Gasteiger partial charge is 0.376 e. The maximum atomic E-state index is 6.00. The summed E-state index contributed by atoms with van der Waals surface area (Å²) in [5.74, 6) is 0.735. The fourth-order valence-corrected chi connectivity index (χ4v) is 2.75. The van der Waals surface area contributed by atoms with Gasteiger partial charge < -0.3 is 14.6 Å². The zero-order valence-electron chi connectivity index (χ0n) is 12.3. The van der Waals surface area contributed by atoms with E-state index in [2.05, 4.69) is 38.7 Å². The molecule has 0 amide bonds. The average Bonchev–Trinajstić information content (AvgIpc) is 3.12. The first kappa shape index (κ1) is 14.5. The summed E-state index contributed by atoms with van der Waals surface area (Å²) in [6.07, 6.45) is 5.27. The number of imidazole rings is 1. The number of rotatable bonds is 5. The molecule has 1 N–H and O–H groups in total. The third-order valence-electron chi connectivity index (χ3n) is 3.99. The van der Waals surface area contributed by atoms with E-state index in [1.807, 2.05) is 0 Å². The number of nitrogens with one attached hydrogen (secondary N) is 1. The summed E-state index contributed by atoms with van der Waals surface area (Å²) in [5, 5.41) is 3.57. The van der Waals surface area contributed by atoms with E-state index in [1.54, 1.807) is 6.33 Å². The molecule has 3 rings (SSSR count). The maximum absolute atomic E-state index is 6.00. The van der Waals surface area contributed by atoms with Crippen molar-refractivity contribution in [2.45, 2.75) is 45.3 Å². The van der Waals surface area contributed by atoms with Crippen molar-refractivity contribution in [3.05, 3.63) is 11.6 Å². The number of fused-ring (bicyclic) bond motifs is 1. The van der Waals surface area contributed by atoms with Crippen LogP contribution >= 0.6 is 11.6 Å². The van der Waals surface area contributed by atoms with Crippen molar-refractivity contribution >= 4 is 28.6 Å². The van der Waals surface area contributed by atoms with Gasteiger partial charge in [-0.1, -0.05) is 6.92 Å². The van der Waals surface area contributed by atoms with Gasteiger partial charge in [-0.25, -0.2) is 4.98 Å². The molecule has 6 nitrogen and oxygen atoms in total. The molecule has 2 atom stereocenters. The number of nitrogens with zero attached hydrogens (tertiary/aromatic N) is 4. The van der Waals surface area contributed by atoms with Crippen LogP contribution in [0.2, 0.25) is 5.28 Å². The molecular weight excluding hydrogens is 290 g/mol.